The molecule has 2 fully saturated rings. The van der Waals surface area contributed by atoms with Crippen molar-refractivity contribution >= 4 is 34.6 Å². The molecule has 140 valence electrons. The molecular weight excluding hydrogens is 348 g/mol. The van der Waals surface area contributed by atoms with E-state index >= 15 is 0 Å². The average molecular weight is 368 g/mol. The molecule has 3 heterocycles. The standard InChI is InChI=1S/C18H20N6O3/c1-21-10-16(26)24(18(21)27)11-15(25)22-6-8-23(9-7-22)17-13-4-2-3-5-14(13)19-12-20-17/h2-5,12H,6-11H2,1H3. The topological polar surface area (TPSA) is 90.0 Å². The van der Waals surface area contributed by atoms with Gasteiger partial charge in [0.1, 0.15) is 25.2 Å². The fourth-order valence-corrected chi connectivity index (χ4v) is 3.47. The van der Waals surface area contributed by atoms with Gasteiger partial charge < -0.3 is 14.7 Å². The molecule has 4 amide bonds. The first-order valence-corrected chi connectivity index (χ1v) is 8.82. The van der Waals surface area contributed by atoms with E-state index in [9.17, 15) is 14.4 Å². The highest BCUT2D eigenvalue weighted by atomic mass is 16.2. The van der Waals surface area contributed by atoms with E-state index in [1.165, 1.54) is 4.90 Å². The molecule has 9 heteroatoms. The van der Waals surface area contributed by atoms with Crippen molar-refractivity contribution in [3.05, 3.63) is 30.6 Å². The zero-order valence-electron chi connectivity index (χ0n) is 15.0. The van der Waals surface area contributed by atoms with Crippen LogP contribution >= 0.6 is 0 Å². The normalized spacial score (nSPS) is 18.0. The number of anilines is 1. The van der Waals surface area contributed by atoms with Gasteiger partial charge in [0, 0.05) is 38.6 Å². The molecule has 2 aliphatic rings. The van der Waals surface area contributed by atoms with Crippen LogP contribution in [0.4, 0.5) is 10.6 Å². The molecule has 0 saturated carbocycles. The summed E-state index contributed by atoms with van der Waals surface area (Å²) in [6.45, 7) is 2.13. The van der Waals surface area contributed by atoms with E-state index in [4.69, 9.17) is 0 Å². The number of aromatic nitrogens is 2. The van der Waals surface area contributed by atoms with Gasteiger partial charge in [0.05, 0.1) is 5.52 Å². The van der Waals surface area contributed by atoms with Gasteiger partial charge in [0.15, 0.2) is 0 Å². The number of carbonyl (C=O) groups excluding carboxylic acids is 3. The molecule has 0 spiro atoms. The number of rotatable bonds is 3. The summed E-state index contributed by atoms with van der Waals surface area (Å²) < 4.78 is 0. The number of piperazine rings is 1. The molecule has 9 nitrogen and oxygen atoms in total. The molecule has 0 atom stereocenters. The Morgan fingerprint density at radius 2 is 1.81 bits per heavy atom. The molecule has 0 unspecified atom stereocenters. The smallest absolute Gasteiger partial charge is 0.327 e. The second-order valence-corrected chi connectivity index (χ2v) is 6.70. The summed E-state index contributed by atoms with van der Waals surface area (Å²) in [5, 5.41) is 0.982. The third kappa shape index (κ3) is 3.16. The predicted octanol–water partition coefficient (Wildman–Crippen LogP) is 0.172. The molecule has 27 heavy (non-hydrogen) atoms. The van der Waals surface area contributed by atoms with Gasteiger partial charge in [-0.3, -0.25) is 14.5 Å². The fourth-order valence-electron chi connectivity index (χ4n) is 3.47. The minimum Gasteiger partial charge on any atom is -0.352 e. The highest BCUT2D eigenvalue weighted by Crippen LogP contribution is 2.23. The largest absolute Gasteiger partial charge is 0.352 e. The lowest BCUT2D eigenvalue weighted by atomic mass is 10.2. The third-order valence-electron chi connectivity index (χ3n) is 4.98. The number of urea groups is 1. The summed E-state index contributed by atoms with van der Waals surface area (Å²) in [6.07, 6.45) is 1.55. The third-order valence-corrected chi connectivity index (χ3v) is 4.98. The van der Waals surface area contributed by atoms with E-state index in [1.54, 1.807) is 18.3 Å². The van der Waals surface area contributed by atoms with E-state index in [2.05, 4.69) is 14.9 Å². The zero-order valence-corrected chi connectivity index (χ0v) is 15.0. The molecular formula is C18H20N6O3. The van der Waals surface area contributed by atoms with Crippen LogP contribution in [-0.4, -0.2) is 88.8 Å². The second kappa shape index (κ2) is 6.82. The average Bonchev–Trinajstić information content (AvgIpc) is 2.93. The van der Waals surface area contributed by atoms with Crippen LogP contribution < -0.4 is 4.90 Å². The number of likely N-dealkylation sites (N-methyl/N-ethyl adjacent to an activating group) is 1. The Morgan fingerprint density at radius 3 is 2.52 bits per heavy atom. The van der Waals surface area contributed by atoms with Crippen LogP contribution in [0.2, 0.25) is 0 Å². The van der Waals surface area contributed by atoms with Crippen molar-refractivity contribution in [3.8, 4) is 0 Å². The number of amides is 4. The van der Waals surface area contributed by atoms with E-state index in [0.717, 1.165) is 21.6 Å². The molecule has 2 aliphatic heterocycles. The van der Waals surface area contributed by atoms with Crippen molar-refractivity contribution in [2.24, 2.45) is 0 Å². The minimum atomic E-state index is -0.417. The SMILES string of the molecule is CN1CC(=O)N(CC(=O)N2CCN(c3ncnc4ccccc34)CC2)C1=O. The summed E-state index contributed by atoms with van der Waals surface area (Å²) in [6, 6.07) is 7.41. The molecule has 2 aromatic rings. The van der Waals surface area contributed by atoms with Gasteiger partial charge in [0.25, 0.3) is 5.91 Å². The predicted molar refractivity (Wildman–Crippen MR) is 98.1 cm³/mol. The Labute approximate surface area is 156 Å². The van der Waals surface area contributed by atoms with E-state index in [1.807, 2.05) is 24.3 Å². The number of hydrogen-bond acceptors (Lipinski definition) is 6. The Balaban J connectivity index is 1.41. The molecule has 1 aromatic heterocycles. The van der Waals surface area contributed by atoms with Crippen molar-refractivity contribution in [2.45, 2.75) is 0 Å². The molecule has 0 aliphatic carbocycles. The second-order valence-electron chi connectivity index (χ2n) is 6.70. The van der Waals surface area contributed by atoms with Gasteiger partial charge in [-0.15, -0.1) is 0 Å². The van der Waals surface area contributed by atoms with Crippen molar-refractivity contribution in [3.63, 3.8) is 0 Å². The molecule has 0 radical (unpaired) electrons. The number of imide groups is 1. The maximum atomic E-state index is 12.5. The van der Waals surface area contributed by atoms with Crippen molar-refractivity contribution in [1.29, 1.82) is 0 Å². The number of nitrogens with zero attached hydrogens (tertiary/aromatic N) is 6. The Kier molecular flexibility index (Phi) is 4.35. The number of fused-ring (bicyclic) bond motifs is 1. The van der Waals surface area contributed by atoms with Gasteiger partial charge >= 0.3 is 6.03 Å². The first-order chi connectivity index (χ1) is 13.0. The molecule has 0 bridgehead atoms. The highest BCUT2D eigenvalue weighted by Gasteiger charge is 2.36. The van der Waals surface area contributed by atoms with Crippen LogP contribution in [0.3, 0.4) is 0 Å². The molecule has 4 rings (SSSR count). The molecule has 0 N–H and O–H groups in total. The van der Waals surface area contributed by atoms with Crippen molar-refractivity contribution in [1.82, 2.24) is 24.7 Å². The van der Waals surface area contributed by atoms with Gasteiger partial charge in [-0.05, 0) is 12.1 Å². The first-order valence-electron chi connectivity index (χ1n) is 8.82. The lowest BCUT2D eigenvalue weighted by molar-refractivity contribution is -0.136. The van der Waals surface area contributed by atoms with Gasteiger partial charge in [0.2, 0.25) is 5.91 Å². The lowest BCUT2D eigenvalue weighted by Crippen LogP contribution is -2.52. The van der Waals surface area contributed by atoms with E-state index in [0.29, 0.717) is 26.2 Å². The maximum Gasteiger partial charge on any atom is 0.327 e. The summed E-state index contributed by atoms with van der Waals surface area (Å²) in [5.74, 6) is 0.320. The molecule has 1 aromatic carbocycles. The summed E-state index contributed by atoms with van der Waals surface area (Å²) >= 11 is 0. The van der Waals surface area contributed by atoms with E-state index in [-0.39, 0.29) is 24.9 Å². The van der Waals surface area contributed by atoms with E-state index < -0.39 is 6.03 Å². The summed E-state index contributed by atoms with van der Waals surface area (Å²) in [4.78, 5) is 51.2. The number of hydrogen-bond donors (Lipinski definition) is 0. The number of benzene rings is 1. The van der Waals surface area contributed by atoms with Gasteiger partial charge in [-0.25, -0.2) is 14.8 Å². The Morgan fingerprint density at radius 1 is 1.07 bits per heavy atom. The lowest BCUT2D eigenvalue weighted by Gasteiger charge is -2.36. The first kappa shape index (κ1) is 17.2. The van der Waals surface area contributed by atoms with Crippen molar-refractivity contribution < 1.29 is 14.4 Å². The monoisotopic (exact) mass is 368 g/mol. The maximum absolute atomic E-state index is 12.5. The summed E-state index contributed by atoms with van der Waals surface area (Å²) in [5.41, 5.74) is 0.885. The number of carbonyl (C=O) groups is 3. The highest BCUT2D eigenvalue weighted by molar-refractivity contribution is 6.04. The van der Waals surface area contributed by atoms with Crippen LogP contribution in [0.1, 0.15) is 0 Å². The fraction of sp³-hybridized carbons (Fsp3) is 0.389. The quantitative estimate of drug-likeness (QED) is 0.718. The summed E-state index contributed by atoms with van der Waals surface area (Å²) in [7, 11) is 1.55. The van der Waals surface area contributed by atoms with Crippen LogP contribution in [0.15, 0.2) is 30.6 Å². The van der Waals surface area contributed by atoms with Crippen molar-refractivity contribution in [2.75, 3.05) is 51.2 Å². The number of para-hydroxylation sites is 1. The van der Waals surface area contributed by atoms with Crippen LogP contribution in [0.25, 0.3) is 10.9 Å². The van der Waals surface area contributed by atoms with Gasteiger partial charge in [-0.2, -0.15) is 0 Å². The molecule has 2 saturated heterocycles. The van der Waals surface area contributed by atoms with Crippen LogP contribution in [-0.2, 0) is 9.59 Å². The zero-order chi connectivity index (χ0) is 19.0. The van der Waals surface area contributed by atoms with Gasteiger partial charge in [-0.1, -0.05) is 12.1 Å². The Hall–Kier alpha value is -3.23. The Bertz CT molecular complexity index is 904. The minimum absolute atomic E-state index is 0.0284. The van der Waals surface area contributed by atoms with Crippen LogP contribution in [0.5, 0.6) is 0 Å². The van der Waals surface area contributed by atoms with Crippen LogP contribution in [0, 0.1) is 0 Å².